The summed E-state index contributed by atoms with van der Waals surface area (Å²) in [6.07, 6.45) is 4.07. The molecule has 18 heavy (non-hydrogen) atoms. The Morgan fingerprint density at radius 3 is 2.61 bits per heavy atom. The van der Waals surface area contributed by atoms with Gasteiger partial charge in [-0.05, 0) is 19.4 Å². The van der Waals surface area contributed by atoms with Gasteiger partial charge in [0.25, 0.3) is 0 Å². The van der Waals surface area contributed by atoms with Gasteiger partial charge in [0.15, 0.2) is 5.90 Å². The van der Waals surface area contributed by atoms with Crippen molar-refractivity contribution >= 4 is 5.90 Å². The standard InChI is InChI=1S/C15H20N2O/c1-3-4-13(15-17-9-10-18-15)14(16)12-7-5-11(2)6-8-12/h3-8,13-14H,9-10,16H2,1-2H3/b4-3+/t13-,14-/m0/s1. The molecule has 1 heterocycles. The van der Waals surface area contributed by atoms with Crippen LogP contribution in [0, 0.1) is 12.8 Å². The van der Waals surface area contributed by atoms with E-state index in [2.05, 4.69) is 42.3 Å². The number of aryl methyl sites for hydroxylation is 1. The van der Waals surface area contributed by atoms with E-state index in [-0.39, 0.29) is 12.0 Å². The second kappa shape index (κ2) is 5.83. The minimum absolute atomic E-state index is 0.0280. The number of rotatable bonds is 4. The Balaban J connectivity index is 2.22. The fourth-order valence-electron chi connectivity index (χ4n) is 2.11. The monoisotopic (exact) mass is 244 g/mol. The number of allylic oxidation sites excluding steroid dienone is 1. The Hall–Kier alpha value is -1.61. The van der Waals surface area contributed by atoms with Crippen LogP contribution < -0.4 is 5.73 Å². The minimum Gasteiger partial charge on any atom is -0.479 e. The van der Waals surface area contributed by atoms with E-state index in [1.165, 1.54) is 5.56 Å². The predicted octanol–water partition coefficient (Wildman–Crippen LogP) is 2.62. The average Bonchev–Trinajstić information content (AvgIpc) is 2.90. The zero-order valence-corrected chi connectivity index (χ0v) is 11.0. The van der Waals surface area contributed by atoms with Crippen molar-refractivity contribution in [1.29, 1.82) is 0 Å². The Labute approximate surface area is 108 Å². The highest BCUT2D eigenvalue weighted by Gasteiger charge is 2.25. The van der Waals surface area contributed by atoms with E-state index in [4.69, 9.17) is 10.5 Å². The van der Waals surface area contributed by atoms with E-state index in [1.807, 2.05) is 13.0 Å². The number of nitrogens with zero attached hydrogens (tertiary/aromatic N) is 1. The van der Waals surface area contributed by atoms with Crippen molar-refractivity contribution in [3.63, 3.8) is 0 Å². The molecule has 0 bridgehead atoms. The van der Waals surface area contributed by atoms with Crippen molar-refractivity contribution in [2.75, 3.05) is 13.2 Å². The summed E-state index contributed by atoms with van der Waals surface area (Å²) in [5.74, 6) is 0.793. The molecule has 2 atom stereocenters. The summed E-state index contributed by atoms with van der Waals surface area (Å²) >= 11 is 0. The number of hydrogen-bond donors (Lipinski definition) is 1. The maximum Gasteiger partial charge on any atom is 0.192 e. The molecule has 2 rings (SSSR count). The van der Waals surface area contributed by atoms with E-state index < -0.39 is 0 Å². The molecule has 1 aromatic carbocycles. The maximum atomic E-state index is 6.34. The van der Waals surface area contributed by atoms with Crippen molar-refractivity contribution in [3.8, 4) is 0 Å². The van der Waals surface area contributed by atoms with Crippen LogP contribution >= 0.6 is 0 Å². The first-order valence-electron chi connectivity index (χ1n) is 6.34. The van der Waals surface area contributed by atoms with E-state index in [0.717, 1.165) is 18.0 Å². The molecule has 96 valence electrons. The molecule has 1 aromatic rings. The highest BCUT2D eigenvalue weighted by molar-refractivity contribution is 5.82. The first kappa shape index (κ1) is 12.8. The van der Waals surface area contributed by atoms with Crippen molar-refractivity contribution in [3.05, 3.63) is 47.5 Å². The summed E-state index contributed by atoms with van der Waals surface area (Å²) in [6, 6.07) is 8.20. The van der Waals surface area contributed by atoms with Crippen LogP contribution in [0.25, 0.3) is 0 Å². The summed E-state index contributed by atoms with van der Waals surface area (Å²) in [5.41, 5.74) is 8.69. The molecule has 3 nitrogen and oxygen atoms in total. The lowest BCUT2D eigenvalue weighted by atomic mass is 9.92. The lowest BCUT2D eigenvalue weighted by Gasteiger charge is -2.21. The predicted molar refractivity (Wildman–Crippen MR) is 74.7 cm³/mol. The van der Waals surface area contributed by atoms with Gasteiger partial charge in [0.2, 0.25) is 0 Å². The quantitative estimate of drug-likeness (QED) is 0.828. The highest BCUT2D eigenvalue weighted by atomic mass is 16.5. The molecule has 1 aliphatic rings. The molecule has 0 saturated carbocycles. The van der Waals surface area contributed by atoms with Crippen LogP contribution in [0.15, 0.2) is 41.4 Å². The third kappa shape index (κ3) is 2.79. The smallest absolute Gasteiger partial charge is 0.192 e. The third-order valence-corrected chi connectivity index (χ3v) is 3.14. The van der Waals surface area contributed by atoms with Crippen LogP contribution in [0.4, 0.5) is 0 Å². The van der Waals surface area contributed by atoms with Crippen molar-refractivity contribution in [2.45, 2.75) is 19.9 Å². The number of aliphatic imine (C=N–C) groups is 1. The zero-order valence-electron chi connectivity index (χ0n) is 11.0. The van der Waals surface area contributed by atoms with E-state index in [1.54, 1.807) is 0 Å². The molecule has 0 spiro atoms. The van der Waals surface area contributed by atoms with Crippen LogP contribution in [0.3, 0.4) is 0 Å². The van der Waals surface area contributed by atoms with Gasteiger partial charge in [-0.3, -0.25) is 4.99 Å². The number of nitrogens with two attached hydrogens (primary N) is 1. The number of ether oxygens (including phenoxy) is 1. The Kier molecular flexibility index (Phi) is 4.15. The first-order valence-corrected chi connectivity index (χ1v) is 6.34. The van der Waals surface area contributed by atoms with E-state index in [0.29, 0.717) is 6.61 Å². The lowest BCUT2D eigenvalue weighted by Crippen LogP contribution is -2.27. The summed E-state index contributed by atoms with van der Waals surface area (Å²) in [6.45, 7) is 5.47. The summed E-state index contributed by atoms with van der Waals surface area (Å²) < 4.78 is 5.55. The van der Waals surface area contributed by atoms with Gasteiger partial charge < -0.3 is 10.5 Å². The summed E-state index contributed by atoms with van der Waals surface area (Å²) in [4.78, 5) is 4.38. The molecule has 0 amide bonds. The van der Waals surface area contributed by atoms with Crippen LogP contribution in [-0.4, -0.2) is 19.0 Å². The summed E-state index contributed by atoms with van der Waals surface area (Å²) in [7, 11) is 0. The molecule has 3 heteroatoms. The largest absolute Gasteiger partial charge is 0.479 e. The van der Waals surface area contributed by atoms with Crippen LogP contribution in [-0.2, 0) is 4.74 Å². The average molecular weight is 244 g/mol. The van der Waals surface area contributed by atoms with Crippen molar-refractivity contribution in [1.82, 2.24) is 0 Å². The van der Waals surface area contributed by atoms with Gasteiger partial charge in [0.05, 0.1) is 12.5 Å². The molecule has 0 aromatic heterocycles. The van der Waals surface area contributed by atoms with Gasteiger partial charge in [-0.15, -0.1) is 0 Å². The Morgan fingerprint density at radius 1 is 1.33 bits per heavy atom. The second-order valence-electron chi connectivity index (χ2n) is 4.56. The second-order valence-corrected chi connectivity index (χ2v) is 4.56. The van der Waals surface area contributed by atoms with Crippen LogP contribution in [0.1, 0.15) is 24.1 Å². The van der Waals surface area contributed by atoms with Crippen molar-refractivity contribution < 1.29 is 4.74 Å². The molecule has 2 N–H and O–H groups in total. The molecule has 0 unspecified atom stereocenters. The Bertz CT molecular complexity index is 448. The van der Waals surface area contributed by atoms with Crippen LogP contribution in [0.2, 0.25) is 0 Å². The number of hydrogen-bond acceptors (Lipinski definition) is 3. The minimum atomic E-state index is -0.112. The fraction of sp³-hybridized carbons (Fsp3) is 0.400. The van der Waals surface area contributed by atoms with Gasteiger partial charge >= 0.3 is 0 Å². The van der Waals surface area contributed by atoms with E-state index >= 15 is 0 Å². The number of benzene rings is 1. The molecule has 0 aliphatic carbocycles. The molecule has 0 radical (unpaired) electrons. The maximum absolute atomic E-state index is 6.34. The first-order chi connectivity index (χ1) is 8.72. The SMILES string of the molecule is C/C=C/[C@H](C1=NCCO1)[C@@H](N)c1ccc(C)cc1. The molecule has 0 saturated heterocycles. The molecular formula is C15H20N2O. The van der Waals surface area contributed by atoms with Gasteiger partial charge in [0.1, 0.15) is 6.61 Å². The van der Waals surface area contributed by atoms with Gasteiger partial charge in [0, 0.05) is 6.04 Å². The normalized spacial score (nSPS) is 18.5. The third-order valence-electron chi connectivity index (χ3n) is 3.14. The lowest BCUT2D eigenvalue weighted by molar-refractivity contribution is 0.323. The highest BCUT2D eigenvalue weighted by Crippen LogP contribution is 2.24. The summed E-state index contributed by atoms with van der Waals surface area (Å²) in [5, 5.41) is 0. The molecule has 1 aliphatic heterocycles. The molecule has 0 fully saturated rings. The van der Waals surface area contributed by atoms with Gasteiger partial charge in [-0.25, -0.2) is 0 Å². The zero-order chi connectivity index (χ0) is 13.0. The topological polar surface area (TPSA) is 47.6 Å². The fourth-order valence-corrected chi connectivity index (χ4v) is 2.11. The van der Waals surface area contributed by atoms with Crippen LogP contribution in [0.5, 0.6) is 0 Å². The van der Waals surface area contributed by atoms with Gasteiger partial charge in [-0.1, -0.05) is 42.0 Å². The molecular weight excluding hydrogens is 224 g/mol. The van der Waals surface area contributed by atoms with Crippen molar-refractivity contribution in [2.24, 2.45) is 16.6 Å². The van der Waals surface area contributed by atoms with Gasteiger partial charge in [-0.2, -0.15) is 0 Å². The van der Waals surface area contributed by atoms with E-state index in [9.17, 15) is 0 Å². The Morgan fingerprint density at radius 2 is 2.06 bits per heavy atom.